The van der Waals surface area contributed by atoms with Crippen LogP contribution in [0.5, 0.6) is 0 Å². The number of likely N-dealkylation sites (N-methyl/N-ethyl adjacent to an activating group) is 1. The second-order valence-corrected chi connectivity index (χ2v) is 24.2. The van der Waals surface area contributed by atoms with Gasteiger partial charge < -0.3 is 18.9 Å². The van der Waals surface area contributed by atoms with Gasteiger partial charge in [0.2, 0.25) is 0 Å². The molecule has 0 radical (unpaired) electrons. The average Bonchev–Trinajstić information content (AvgIpc) is 3.36. The zero-order valence-corrected chi connectivity index (χ0v) is 50.5. The van der Waals surface area contributed by atoms with E-state index < -0.39 is 26.5 Å². The van der Waals surface area contributed by atoms with Gasteiger partial charge in [0.25, 0.3) is 0 Å². The first-order valence-corrected chi connectivity index (χ1v) is 33.2. The van der Waals surface area contributed by atoms with Gasteiger partial charge in [0.1, 0.15) is 19.8 Å². The third-order valence-electron chi connectivity index (χ3n) is 14.1. The molecule has 0 aliphatic carbocycles. The molecule has 0 aliphatic heterocycles. The number of allylic oxidation sites excluding steroid dienone is 6. The Balaban J connectivity index is 3.86. The fourth-order valence-electron chi connectivity index (χ4n) is 9.23. The number of carbonyl (C=O) groups is 2. The zero-order valence-electron chi connectivity index (χ0n) is 49.6. The van der Waals surface area contributed by atoms with Crippen molar-refractivity contribution in [3.63, 3.8) is 0 Å². The molecule has 9 nitrogen and oxygen atoms in total. The van der Waals surface area contributed by atoms with E-state index in [9.17, 15) is 19.0 Å². The number of ether oxygens (including phenoxy) is 2. The second kappa shape index (κ2) is 56.0. The lowest BCUT2D eigenvalue weighted by molar-refractivity contribution is -0.870. The quantitative estimate of drug-likeness (QED) is 0.0211. The van der Waals surface area contributed by atoms with Crippen LogP contribution in [0.15, 0.2) is 36.5 Å². The molecule has 0 heterocycles. The zero-order chi connectivity index (χ0) is 54.2. The van der Waals surface area contributed by atoms with Crippen molar-refractivity contribution in [2.24, 2.45) is 0 Å². The lowest BCUT2D eigenvalue weighted by Gasteiger charge is -2.24. The van der Waals surface area contributed by atoms with Crippen LogP contribution in [0.4, 0.5) is 0 Å². The van der Waals surface area contributed by atoms with Crippen LogP contribution in [0.25, 0.3) is 0 Å². The summed E-state index contributed by atoms with van der Waals surface area (Å²) in [6, 6.07) is 0. The molecule has 1 N–H and O–H groups in total. The van der Waals surface area contributed by atoms with E-state index in [4.69, 9.17) is 18.5 Å². The van der Waals surface area contributed by atoms with Gasteiger partial charge in [-0.2, -0.15) is 0 Å². The average molecular weight is 1070 g/mol. The largest absolute Gasteiger partial charge is 0.472 e. The minimum absolute atomic E-state index is 0.0302. The number of unbranched alkanes of at least 4 members (excludes halogenated alkanes) is 39. The Bertz CT molecular complexity index is 1340. The Morgan fingerprint density at radius 3 is 1.14 bits per heavy atom. The number of nitrogens with zero attached hydrogens (tertiary/aromatic N) is 1. The molecule has 0 amide bonds. The van der Waals surface area contributed by atoms with Crippen molar-refractivity contribution >= 4 is 19.8 Å². The number of hydrogen-bond donors (Lipinski definition) is 1. The summed E-state index contributed by atoms with van der Waals surface area (Å²) in [5.74, 6) is -0.802. The number of phosphoric ester groups is 1. The lowest BCUT2D eigenvalue weighted by Crippen LogP contribution is -2.37. The van der Waals surface area contributed by atoms with Crippen molar-refractivity contribution in [2.45, 2.75) is 315 Å². The van der Waals surface area contributed by atoms with E-state index in [1.165, 1.54) is 212 Å². The fraction of sp³-hybridized carbons (Fsp3) is 0.875. The number of rotatable bonds is 59. The summed E-state index contributed by atoms with van der Waals surface area (Å²) in [5.41, 5.74) is 0. The minimum atomic E-state index is -4.38. The number of quaternary nitrogens is 1. The van der Waals surface area contributed by atoms with E-state index in [0.29, 0.717) is 23.9 Å². The summed E-state index contributed by atoms with van der Waals surface area (Å²) >= 11 is 0. The lowest BCUT2D eigenvalue weighted by atomic mass is 10.0. The smallest absolute Gasteiger partial charge is 0.462 e. The SMILES string of the molecule is CCC/C=C\C/C=C\CCCCCCCC(=O)OC(COC(=O)CCCCCCCCCCCCCCCCCCCCCCCCCCC/C=C\CCCCCCCCCC)COP(=O)(O)OCC[N+](C)(C)C. The highest BCUT2D eigenvalue weighted by Crippen LogP contribution is 2.43. The maximum Gasteiger partial charge on any atom is 0.472 e. The summed E-state index contributed by atoms with van der Waals surface area (Å²) < 4.78 is 34.5. The van der Waals surface area contributed by atoms with Crippen LogP contribution in [-0.4, -0.2) is 74.9 Å². The van der Waals surface area contributed by atoms with Crippen LogP contribution < -0.4 is 0 Å². The molecule has 0 bridgehead atoms. The highest BCUT2D eigenvalue weighted by atomic mass is 31.2. The first kappa shape index (κ1) is 72.2. The van der Waals surface area contributed by atoms with Gasteiger partial charge in [-0.25, -0.2) is 4.57 Å². The molecule has 10 heteroatoms. The Morgan fingerprint density at radius 1 is 0.419 bits per heavy atom. The fourth-order valence-corrected chi connectivity index (χ4v) is 9.97. The summed E-state index contributed by atoms with van der Waals surface area (Å²) in [4.78, 5) is 35.6. The molecule has 0 aliphatic rings. The predicted molar refractivity (Wildman–Crippen MR) is 317 cm³/mol. The first-order chi connectivity index (χ1) is 36.0. The highest BCUT2D eigenvalue weighted by molar-refractivity contribution is 7.47. The number of esters is 2. The Hall–Kier alpha value is -1.77. The topological polar surface area (TPSA) is 108 Å². The molecule has 0 aromatic rings. The molecule has 0 fully saturated rings. The molecular weight excluding hydrogens is 942 g/mol. The third-order valence-corrected chi connectivity index (χ3v) is 15.1. The number of phosphoric acid groups is 1. The van der Waals surface area contributed by atoms with Crippen molar-refractivity contribution in [3.8, 4) is 0 Å². The van der Waals surface area contributed by atoms with Gasteiger partial charge in [-0.3, -0.25) is 18.6 Å². The Kier molecular flexibility index (Phi) is 54.6. The molecule has 0 spiro atoms. The van der Waals surface area contributed by atoms with Crippen molar-refractivity contribution in [3.05, 3.63) is 36.5 Å². The van der Waals surface area contributed by atoms with Crippen molar-refractivity contribution < 1.29 is 42.1 Å². The molecular formula is C64H123NO8P+. The van der Waals surface area contributed by atoms with Crippen LogP contribution in [0.2, 0.25) is 0 Å². The maximum absolute atomic E-state index is 12.7. The Labute approximate surface area is 459 Å². The summed E-state index contributed by atoms with van der Waals surface area (Å²) in [5, 5.41) is 0. The van der Waals surface area contributed by atoms with Gasteiger partial charge in [0.15, 0.2) is 6.10 Å². The van der Waals surface area contributed by atoms with Crippen LogP contribution in [0.1, 0.15) is 309 Å². The van der Waals surface area contributed by atoms with E-state index in [0.717, 1.165) is 64.2 Å². The number of hydrogen-bond acceptors (Lipinski definition) is 7. The third kappa shape index (κ3) is 59.5. The summed E-state index contributed by atoms with van der Waals surface area (Å²) in [6.07, 6.45) is 69.8. The monoisotopic (exact) mass is 1060 g/mol. The molecule has 74 heavy (non-hydrogen) atoms. The molecule has 0 aromatic carbocycles. The standard InChI is InChI=1S/C64H122NO8P/c1-6-8-10-12-14-16-18-20-21-22-23-24-25-26-27-28-29-30-31-32-33-34-35-36-37-38-39-40-41-42-43-45-46-48-50-52-54-56-63(66)70-60-62(61-72-74(68,69)71-59-58-65(3,4)5)73-64(67)57-55-53-51-49-47-44-19-17-15-13-11-9-7-2/h11,13,17,19,22-23,62H,6-10,12,14-16,18,20-21,24-61H2,1-5H3/p+1/b13-11-,19-17-,23-22-. The van der Waals surface area contributed by atoms with Crippen molar-refractivity contribution in [1.82, 2.24) is 0 Å². The molecule has 0 saturated heterocycles. The van der Waals surface area contributed by atoms with Gasteiger partial charge in [0.05, 0.1) is 27.7 Å². The van der Waals surface area contributed by atoms with Crippen LogP contribution >= 0.6 is 7.82 Å². The Morgan fingerprint density at radius 2 is 0.757 bits per heavy atom. The van der Waals surface area contributed by atoms with E-state index in [1.54, 1.807) is 0 Å². The second-order valence-electron chi connectivity index (χ2n) is 22.8. The van der Waals surface area contributed by atoms with E-state index in [1.807, 2.05) is 21.1 Å². The van der Waals surface area contributed by atoms with Crippen molar-refractivity contribution in [1.29, 1.82) is 0 Å². The summed E-state index contributed by atoms with van der Waals surface area (Å²) in [7, 11) is 1.48. The van der Waals surface area contributed by atoms with E-state index >= 15 is 0 Å². The molecule has 2 unspecified atom stereocenters. The van der Waals surface area contributed by atoms with Crippen LogP contribution in [-0.2, 0) is 32.7 Å². The van der Waals surface area contributed by atoms with Crippen LogP contribution in [0.3, 0.4) is 0 Å². The maximum atomic E-state index is 12.7. The van der Waals surface area contributed by atoms with E-state index in [-0.39, 0.29) is 25.6 Å². The van der Waals surface area contributed by atoms with Gasteiger partial charge in [-0.05, 0) is 64.2 Å². The number of carbonyl (C=O) groups excluding carboxylic acids is 2. The minimum Gasteiger partial charge on any atom is -0.462 e. The summed E-state index contributed by atoms with van der Waals surface area (Å²) in [6.45, 7) is 4.38. The van der Waals surface area contributed by atoms with Gasteiger partial charge in [-0.15, -0.1) is 0 Å². The first-order valence-electron chi connectivity index (χ1n) is 31.7. The van der Waals surface area contributed by atoms with Crippen LogP contribution in [0, 0.1) is 0 Å². The van der Waals surface area contributed by atoms with Gasteiger partial charge >= 0.3 is 19.8 Å². The highest BCUT2D eigenvalue weighted by Gasteiger charge is 2.27. The normalized spacial score (nSPS) is 13.4. The van der Waals surface area contributed by atoms with E-state index in [2.05, 4.69) is 50.3 Å². The molecule has 0 saturated carbocycles. The van der Waals surface area contributed by atoms with Crippen molar-refractivity contribution in [2.75, 3.05) is 47.5 Å². The molecule has 436 valence electrons. The molecule has 2 atom stereocenters. The van der Waals surface area contributed by atoms with Gasteiger partial charge in [-0.1, -0.05) is 269 Å². The van der Waals surface area contributed by atoms with Gasteiger partial charge in [0, 0.05) is 12.8 Å². The molecule has 0 rings (SSSR count). The predicted octanol–water partition coefficient (Wildman–Crippen LogP) is 19.9. The molecule has 0 aromatic heterocycles.